The number of rotatable bonds is 5. The van der Waals surface area contributed by atoms with Gasteiger partial charge in [-0.05, 0) is 48.5 Å². The summed E-state index contributed by atoms with van der Waals surface area (Å²) in [6, 6.07) is 14.1. The number of carbonyl (C=O) groups excluding carboxylic acids is 1. The summed E-state index contributed by atoms with van der Waals surface area (Å²) in [5.41, 5.74) is 8.78. The molecule has 150 valence electrons. The van der Waals surface area contributed by atoms with Gasteiger partial charge in [0, 0.05) is 40.0 Å². The van der Waals surface area contributed by atoms with Crippen molar-refractivity contribution >= 4 is 40.8 Å². The van der Waals surface area contributed by atoms with Gasteiger partial charge in [-0.15, -0.1) is 0 Å². The lowest BCUT2D eigenvalue weighted by Gasteiger charge is -2.08. The maximum absolute atomic E-state index is 12.4. The van der Waals surface area contributed by atoms with Gasteiger partial charge < -0.3 is 11.1 Å². The fraction of sp³-hybridized carbons (Fsp3) is 0.0476. The van der Waals surface area contributed by atoms with Crippen molar-refractivity contribution in [3.8, 4) is 11.3 Å². The highest BCUT2D eigenvalue weighted by atomic mass is 35.5. The van der Waals surface area contributed by atoms with Crippen molar-refractivity contribution in [1.29, 1.82) is 0 Å². The minimum Gasteiger partial charge on any atom is -0.381 e. The Balaban J connectivity index is 1.48. The van der Waals surface area contributed by atoms with Crippen LogP contribution in [0.25, 0.3) is 11.3 Å². The van der Waals surface area contributed by atoms with E-state index in [0.717, 1.165) is 10.5 Å². The second-order valence-electron chi connectivity index (χ2n) is 6.44. The number of amides is 1. The summed E-state index contributed by atoms with van der Waals surface area (Å²) in [6.45, 7) is 0. The Hall–Kier alpha value is -3.36. The van der Waals surface area contributed by atoms with Crippen LogP contribution in [0, 0.1) is 0 Å². The quantitative estimate of drug-likeness (QED) is 0.477. The SMILES string of the molecule is Cn1cc(-c2cnc(N)c(Sc3ccc(C(=O)Nc4ccc(Cl)cc4)cc3)n2)cn1. The van der Waals surface area contributed by atoms with Crippen molar-refractivity contribution in [1.82, 2.24) is 19.7 Å². The first-order valence-corrected chi connectivity index (χ1v) is 10.1. The summed E-state index contributed by atoms with van der Waals surface area (Å²) in [4.78, 5) is 22.2. The zero-order valence-electron chi connectivity index (χ0n) is 15.9. The molecule has 0 aliphatic rings. The standard InChI is InChI=1S/C21H17ClN6OS/c1-28-12-14(10-25-28)18-11-24-19(23)21(27-18)30-17-8-2-13(3-9-17)20(29)26-16-6-4-15(22)5-7-16/h2-12H,1H3,(H2,23,24)(H,26,29). The number of anilines is 2. The minimum atomic E-state index is -0.202. The van der Waals surface area contributed by atoms with E-state index in [9.17, 15) is 4.79 Å². The lowest BCUT2D eigenvalue weighted by Crippen LogP contribution is -2.11. The molecule has 0 saturated carbocycles. The molecule has 0 atom stereocenters. The summed E-state index contributed by atoms with van der Waals surface area (Å²) in [7, 11) is 1.84. The number of aryl methyl sites for hydroxylation is 1. The number of carbonyl (C=O) groups is 1. The molecule has 1 amide bonds. The van der Waals surface area contributed by atoms with E-state index in [4.69, 9.17) is 17.3 Å². The van der Waals surface area contributed by atoms with Crippen LogP contribution in [0.15, 0.2) is 77.0 Å². The van der Waals surface area contributed by atoms with Gasteiger partial charge in [-0.1, -0.05) is 23.4 Å². The number of nitrogens with two attached hydrogens (primary N) is 1. The van der Waals surface area contributed by atoms with E-state index in [1.54, 1.807) is 53.5 Å². The van der Waals surface area contributed by atoms with E-state index in [1.165, 1.54) is 11.8 Å². The monoisotopic (exact) mass is 436 g/mol. The molecule has 0 fully saturated rings. The highest BCUT2D eigenvalue weighted by Crippen LogP contribution is 2.31. The number of hydrogen-bond donors (Lipinski definition) is 2. The molecule has 0 aliphatic heterocycles. The lowest BCUT2D eigenvalue weighted by atomic mass is 10.2. The van der Waals surface area contributed by atoms with Crippen LogP contribution in [0.2, 0.25) is 5.02 Å². The molecule has 9 heteroatoms. The van der Waals surface area contributed by atoms with Gasteiger partial charge in [0.25, 0.3) is 5.91 Å². The van der Waals surface area contributed by atoms with Crippen molar-refractivity contribution in [2.24, 2.45) is 7.05 Å². The molecule has 4 aromatic rings. The van der Waals surface area contributed by atoms with Crippen LogP contribution in [-0.4, -0.2) is 25.7 Å². The van der Waals surface area contributed by atoms with Gasteiger partial charge in [-0.3, -0.25) is 9.48 Å². The number of nitrogens with one attached hydrogen (secondary N) is 1. The normalized spacial score (nSPS) is 10.7. The van der Waals surface area contributed by atoms with Crippen molar-refractivity contribution < 1.29 is 4.79 Å². The van der Waals surface area contributed by atoms with Crippen LogP contribution in [0.4, 0.5) is 11.5 Å². The van der Waals surface area contributed by atoms with E-state index >= 15 is 0 Å². The summed E-state index contributed by atoms with van der Waals surface area (Å²) in [5.74, 6) is 0.143. The van der Waals surface area contributed by atoms with Crippen LogP contribution >= 0.6 is 23.4 Å². The molecule has 0 aliphatic carbocycles. The number of nitrogens with zero attached hydrogens (tertiary/aromatic N) is 4. The highest BCUT2D eigenvalue weighted by molar-refractivity contribution is 7.99. The molecule has 2 aromatic heterocycles. The number of aromatic nitrogens is 4. The molecule has 7 nitrogen and oxygen atoms in total. The topological polar surface area (TPSA) is 98.7 Å². The Morgan fingerprint density at radius 2 is 1.83 bits per heavy atom. The maximum Gasteiger partial charge on any atom is 0.255 e. The van der Waals surface area contributed by atoms with Crippen molar-refractivity contribution in [2.45, 2.75) is 9.92 Å². The van der Waals surface area contributed by atoms with Gasteiger partial charge in [-0.25, -0.2) is 9.97 Å². The Kier molecular flexibility index (Phi) is 5.69. The van der Waals surface area contributed by atoms with Gasteiger partial charge in [0.2, 0.25) is 0 Å². The average molecular weight is 437 g/mol. The predicted molar refractivity (Wildman–Crippen MR) is 119 cm³/mol. The molecular weight excluding hydrogens is 420 g/mol. The third kappa shape index (κ3) is 4.61. The summed E-state index contributed by atoms with van der Waals surface area (Å²) < 4.78 is 1.70. The molecule has 2 aromatic carbocycles. The Labute approximate surface area is 182 Å². The molecule has 2 heterocycles. The molecule has 4 rings (SSSR count). The van der Waals surface area contributed by atoms with E-state index < -0.39 is 0 Å². The highest BCUT2D eigenvalue weighted by Gasteiger charge is 2.11. The minimum absolute atomic E-state index is 0.202. The van der Waals surface area contributed by atoms with E-state index in [0.29, 0.717) is 32.8 Å². The zero-order chi connectivity index (χ0) is 21.1. The number of nitrogen functional groups attached to an aromatic ring is 1. The Morgan fingerprint density at radius 1 is 1.10 bits per heavy atom. The lowest BCUT2D eigenvalue weighted by molar-refractivity contribution is 0.102. The first kappa shape index (κ1) is 19.9. The summed E-state index contributed by atoms with van der Waals surface area (Å²) >= 11 is 7.25. The summed E-state index contributed by atoms with van der Waals surface area (Å²) in [6.07, 6.45) is 5.21. The van der Waals surface area contributed by atoms with Gasteiger partial charge in [0.05, 0.1) is 18.1 Å². The van der Waals surface area contributed by atoms with E-state index in [-0.39, 0.29) is 5.91 Å². The fourth-order valence-corrected chi connectivity index (χ4v) is 3.59. The summed E-state index contributed by atoms with van der Waals surface area (Å²) in [5, 5.41) is 8.20. The van der Waals surface area contributed by atoms with Crippen LogP contribution in [0.5, 0.6) is 0 Å². The van der Waals surface area contributed by atoms with E-state index in [1.807, 2.05) is 25.4 Å². The molecule has 30 heavy (non-hydrogen) atoms. The van der Waals surface area contributed by atoms with Crippen molar-refractivity contribution in [3.63, 3.8) is 0 Å². The first-order valence-electron chi connectivity index (χ1n) is 8.94. The van der Waals surface area contributed by atoms with Gasteiger partial charge in [0.15, 0.2) is 5.82 Å². The molecule has 0 radical (unpaired) electrons. The van der Waals surface area contributed by atoms with Crippen LogP contribution in [0.3, 0.4) is 0 Å². The third-order valence-electron chi connectivity index (χ3n) is 4.20. The zero-order valence-corrected chi connectivity index (χ0v) is 17.5. The Bertz CT molecular complexity index is 1190. The molecule has 3 N–H and O–H groups in total. The molecule has 0 saturated heterocycles. The Morgan fingerprint density at radius 3 is 2.50 bits per heavy atom. The van der Waals surface area contributed by atoms with E-state index in [2.05, 4.69) is 20.4 Å². The van der Waals surface area contributed by atoms with Crippen LogP contribution < -0.4 is 11.1 Å². The first-order chi connectivity index (χ1) is 14.5. The van der Waals surface area contributed by atoms with Crippen LogP contribution in [-0.2, 0) is 7.05 Å². The second-order valence-corrected chi connectivity index (χ2v) is 7.93. The molecule has 0 unspecified atom stereocenters. The largest absolute Gasteiger partial charge is 0.381 e. The van der Waals surface area contributed by atoms with Crippen LogP contribution in [0.1, 0.15) is 10.4 Å². The van der Waals surface area contributed by atoms with Gasteiger partial charge >= 0.3 is 0 Å². The second kappa shape index (κ2) is 8.56. The third-order valence-corrected chi connectivity index (χ3v) is 5.45. The van der Waals surface area contributed by atoms with Crippen molar-refractivity contribution in [3.05, 3.63) is 77.7 Å². The van der Waals surface area contributed by atoms with Gasteiger partial charge in [-0.2, -0.15) is 5.10 Å². The molecule has 0 bridgehead atoms. The molecule has 0 spiro atoms. The number of hydrogen-bond acceptors (Lipinski definition) is 6. The smallest absolute Gasteiger partial charge is 0.255 e. The average Bonchev–Trinajstić information content (AvgIpc) is 3.18. The number of benzene rings is 2. The number of halogens is 1. The molecular formula is C21H17ClN6OS. The fourth-order valence-electron chi connectivity index (χ4n) is 2.67. The van der Waals surface area contributed by atoms with Crippen molar-refractivity contribution in [2.75, 3.05) is 11.1 Å². The predicted octanol–water partition coefficient (Wildman–Crippen LogP) is 4.52. The van der Waals surface area contributed by atoms with Gasteiger partial charge in [0.1, 0.15) is 5.03 Å². The maximum atomic E-state index is 12.4.